The number of aromatic nitrogens is 3. The van der Waals surface area contributed by atoms with Crippen LogP contribution in [0, 0.1) is 0 Å². The number of rotatable bonds is 3. The van der Waals surface area contributed by atoms with Gasteiger partial charge >= 0.3 is 0 Å². The molecule has 0 N–H and O–H groups in total. The second-order valence-electron chi connectivity index (χ2n) is 7.92. The lowest BCUT2D eigenvalue weighted by Crippen LogP contribution is -1.97. The van der Waals surface area contributed by atoms with Crippen LogP contribution in [-0.2, 0) is 0 Å². The molecule has 0 unspecified atom stereocenters. The summed E-state index contributed by atoms with van der Waals surface area (Å²) in [7, 11) is 0. The third-order valence-electron chi connectivity index (χ3n) is 5.84. The molecule has 0 fully saturated rings. The highest BCUT2D eigenvalue weighted by atomic mass is 35.5. The summed E-state index contributed by atoms with van der Waals surface area (Å²) in [5.74, 6) is 1.12. The average molecular weight is 444 g/mol. The first-order chi connectivity index (χ1) is 16.2. The first-order valence-electron chi connectivity index (χ1n) is 10.7. The Morgan fingerprint density at radius 3 is 1.94 bits per heavy atom. The van der Waals surface area contributed by atoms with Crippen LogP contribution in [0.2, 0.25) is 5.28 Å². The maximum absolute atomic E-state index is 6.34. The number of fused-ring (bicyclic) bond motifs is 2. The Hall–Kier alpha value is -4.08. The molecule has 0 aliphatic heterocycles. The zero-order valence-corrected chi connectivity index (χ0v) is 18.4. The van der Waals surface area contributed by atoms with Gasteiger partial charge in [-0.25, -0.2) is 4.98 Å². The summed E-state index contributed by atoms with van der Waals surface area (Å²) in [4.78, 5) is 13.6. The van der Waals surface area contributed by atoms with Crippen LogP contribution in [0.3, 0.4) is 0 Å². The molecule has 0 bridgehead atoms. The van der Waals surface area contributed by atoms with Crippen molar-refractivity contribution >= 4 is 33.1 Å². The van der Waals surface area contributed by atoms with E-state index in [-0.39, 0.29) is 5.28 Å². The first kappa shape index (κ1) is 19.6. The van der Waals surface area contributed by atoms with Crippen molar-refractivity contribution in [2.75, 3.05) is 0 Å². The van der Waals surface area contributed by atoms with Crippen LogP contribution in [0.4, 0.5) is 0 Å². The molecule has 0 saturated heterocycles. The van der Waals surface area contributed by atoms with E-state index < -0.39 is 0 Å². The summed E-state index contributed by atoms with van der Waals surface area (Å²) in [6.07, 6.45) is 0. The van der Waals surface area contributed by atoms with Crippen LogP contribution in [0.25, 0.3) is 55.4 Å². The van der Waals surface area contributed by atoms with E-state index in [2.05, 4.69) is 88.8 Å². The highest BCUT2D eigenvalue weighted by molar-refractivity contribution is 6.28. The van der Waals surface area contributed by atoms with E-state index in [0.29, 0.717) is 11.6 Å². The van der Waals surface area contributed by atoms with Gasteiger partial charge in [-0.15, -0.1) is 0 Å². The topological polar surface area (TPSA) is 38.7 Å². The van der Waals surface area contributed by atoms with E-state index in [4.69, 9.17) is 16.6 Å². The monoisotopic (exact) mass is 443 g/mol. The van der Waals surface area contributed by atoms with E-state index in [1.165, 1.54) is 21.7 Å². The number of hydrogen-bond donors (Lipinski definition) is 0. The molecule has 0 saturated carbocycles. The quantitative estimate of drug-likeness (QED) is 0.279. The molecule has 0 atom stereocenters. The largest absolute Gasteiger partial charge is 0.226 e. The van der Waals surface area contributed by atoms with Crippen molar-refractivity contribution in [1.29, 1.82) is 0 Å². The molecule has 5 aromatic carbocycles. The third kappa shape index (κ3) is 3.73. The maximum atomic E-state index is 6.34. The van der Waals surface area contributed by atoms with E-state index in [0.717, 1.165) is 22.1 Å². The van der Waals surface area contributed by atoms with Gasteiger partial charge in [-0.3, -0.25) is 0 Å². The molecule has 0 aliphatic carbocycles. The predicted molar refractivity (Wildman–Crippen MR) is 136 cm³/mol. The van der Waals surface area contributed by atoms with Crippen LogP contribution in [-0.4, -0.2) is 15.0 Å². The van der Waals surface area contributed by atoms with Gasteiger partial charge in [0.2, 0.25) is 5.28 Å². The number of hydrogen-bond acceptors (Lipinski definition) is 3. The van der Waals surface area contributed by atoms with Crippen molar-refractivity contribution in [3.05, 3.63) is 114 Å². The molecule has 1 heterocycles. The van der Waals surface area contributed by atoms with Gasteiger partial charge in [0, 0.05) is 11.1 Å². The van der Waals surface area contributed by atoms with Gasteiger partial charge in [0.15, 0.2) is 11.6 Å². The molecule has 156 valence electrons. The molecule has 0 spiro atoms. The summed E-state index contributed by atoms with van der Waals surface area (Å²) < 4.78 is 0. The van der Waals surface area contributed by atoms with Crippen molar-refractivity contribution in [2.45, 2.75) is 0 Å². The minimum Gasteiger partial charge on any atom is -0.208 e. The summed E-state index contributed by atoms with van der Waals surface area (Å²) in [6, 6.07) is 37.4. The predicted octanol–water partition coefficient (Wildman–Crippen LogP) is 7.83. The summed E-state index contributed by atoms with van der Waals surface area (Å²) in [5, 5.41) is 4.90. The summed E-state index contributed by atoms with van der Waals surface area (Å²) >= 11 is 6.34. The van der Waals surface area contributed by atoms with E-state index in [1.807, 2.05) is 30.3 Å². The zero-order chi connectivity index (χ0) is 22.2. The first-order valence-corrected chi connectivity index (χ1v) is 11.1. The van der Waals surface area contributed by atoms with Gasteiger partial charge in [0.25, 0.3) is 0 Å². The van der Waals surface area contributed by atoms with Crippen molar-refractivity contribution in [2.24, 2.45) is 0 Å². The van der Waals surface area contributed by atoms with E-state index >= 15 is 0 Å². The Labute approximate surface area is 196 Å². The SMILES string of the molecule is Clc1nc(-c2cccc(-c3cccc4ccccc34)c2)nc(-c2ccc3ccccc3c2)n1. The standard InChI is InChI=1S/C29H18ClN3/c30-29-32-27(31-28(33-29)24-16-15-19-7-1-2-9-21(19)17-24)23-12-5-11-22(18-23)26-14-6-10-20-8-3-4-13-25(20)26/h1-18H. The Kier molecular flexibility index (Phi) is 4.82. The molecule has 0 aliphatic rings. The molecule has 0 amide bonds. The van der Waals surface area contributed by atoms with E-state index in [9.17, 15) is 0 Å². The fraction of sp³-hybridized carbons (Fsp3) is 0. The minimum atomic E-state index is 0.179. The number of nitrogens with zero attached hydrogens (tertiary/aromatic N) is 3. The summed E-state index contributed by atoms with van der Waals surface area (Å²) in [6.45, 7) is 0. The van der Waals surface area contributed by atoms with Crippen molar-refractivity contribution < 1.29 is 0 Å². The van der Waals surface area contributed by atoms with E-state index in [1.54, 1.807) is 0 Å². The Balaban J connectivity index is 1.46. The van der Waals surface area contributed by atoms with Gasteiger partial charge in [-0.2, -0.15) is 9.97 Å². The zero-order valence-electron chi connectivity index (χ0n) is 17.6. The lowest BCUT2D eigenvalue weighted by Gasteiger charge is -2.10. The van der Waals surface area contributed by atoms with Crippen LogP contribution < -0.4 is 0 Å². The molecule has 33 heavy (non-hydrogen) atoms. The second kappa shape index (κ2) is 8.12. The van der Waals surface area contributed by atoms with Crippen LogP contribution in [0.1, 0.15) is 0 Å². The normalized spacial score (nSPS) is 11.2. The molecular formula is C29H18ClN3. The van der Waals surface area contributed by atoms with Crippen LogP contribution >= 0.6 is 11.6 Å². The maximum Gasteiger partial charge on any atom is 0.226 e. The van der Waals surface area contributed by atoms with Crippen molar-refractivity contribution in [3.8, 4) is 33.9 Å². The van der Waals surface area contributed by atoms with Gasteiger partial charge in [0.05, 0.1) is 0 Å². The fourth-order valence-electron chi connectivity index (χ4n) is 4.24. The number of halogens is 1. The highest BCUT2D eigenvalue weighted by Crippen LogP contribution is 2.31. The van der Waals surface area contributed by atoms with Crippen LogP contribution in [0.5, 0.6) is 0 Å². The van der Waals surface area contributed by atoms with Gasteiger partial charge < -0.3 is 0 Å². The Morgan fingerprint density at radius 1 is 0.455 bits per heavy atom. The van der Waals surface area contributed by atoms with Crippen LogP contribution in [0.15, 0.2) is 109 Å². The molecule has 4 heteroatoms. The third-order valence-corrected chi connectivity index (χ3v) is 6.01. The Morgan fingerprint density at radius 2 is 1.09 bits per heavy atom. The fourth-order valence-corrected chi connectivity index (χ4v) is 4.40. The van der Waals surface area contributed by atoms with Crippen molar-refractivity contribution in [3.63, 3.8) is 0 Å². The lowest BCUT2D eigenvalue weighted by molar-refractivity contribution is 1.07. The molecule has 6 aromatic rings. The molecule has 3 nitrogen and oxygen atoms in total. The van der Waals surface area contributed by atoms with Gasteiger partial charge in [-0.1, -0.05) is 97.1 Å². The molecule has 6 rings (SSSR count). The Bertz CT molecular complexity index is 1640. The number of benzene rings is 5. The molecule has 1 aromatic heterocycles. The van der Waals surface area contributed by atoms with Gasteiger partial charge in [0.1, 0.15) is 0 Å². The van der Waals surface area contributed by atoms with Crippen molar-refractivity contribution in [1.82, 2.24) is 15.0 Å². The smallest absolute Gasteiger partial charge is 0.208 e. The summed E-state index contributed by atoms with van der Waals surface area (Å²) in [5.41, 5.74) is 4.08. The highest BCUT2D eigenvalue weighted by Gasteiger charge is 2.12. The average Bonchev–Trinajstić information content (AvgIpc) is 2.88. The van der Waals surface area contributed by atoms with Gasteiger partial charge in [-0.05, 0) is 56.4 Å². The lowest BCUT2D eigenvalue weighted by atomic mass is 9.97. The molecule has 0 radical (unpaired) electrons. The minimum absolute atomic E-state index is 0.179. The second-order valence-corrected chi connectivity index (χ2v) is 8.26. The molecular weight excluding hydrogens is 426 g/mol.